The number of halogens is 2. The first-order valence-electron chi connectivity index (χ1n) is 7.02. The molecule has 0 heterocycles. The molecule has 0 bridgehead atoms. The third kappa shape index (κ3) is 6.69. The summed E-state index contributed by atoms with van der Waals surface area (Å²) >= 11 is 5.84. The molecule has 23 heavy (non-hydrogen) atoms. The van der Waals surface area contributed by atoms with Crippen molar-refractivity contribution in [3.8, 4) is 0 Å². The van der Waals surface area contributed by atoms with Crippen molar-refractivity contribution < 1.29 is 23.5 Å². The zero-order valence-electron chi connectivity index (χ0n) is 13.0. The van der Waals surface area contributed by atoms with Crippen molar-refractivity contribution in [2.75, 3.05) is 20.4 Å². The fraction of sp³-hybridized carbons (Fsp3) is 0.375. The Morgan fingerprint density at radius 1 is 1.35 bits per heavy atom. The summed E-state index contributed by atoms with van der Waals surface area (Å²) < 4.78 is 22.5. The normalized spacial score (nSPS) is 12.4. The van der Waals surface area contributed by atoms with Gasteiger partial charge < -0.3 is 14.8 Å². The Balaban J connectivity index is 2.96. The van der Waals surface area contributed by atoms with Crippen LogP contribution in [0.15, 0.2) is 36.0 Å². The number of nitrogens with one attached hydrogen (secondary N) is 1. The summed E-state index contributed by atoms with van der Waals surface area (Å²) in [5.74, 6) is -1.12. The number of methoxy groups -OCH3 is 1. The van der Waals surface area contributed by atoms with Gasteiger partial charge in [-0.3, -0.25) is 4.79 Å². The molecule has 0 aliphatic carbocycles. The van der Waals surface area contributed by atoms with E-state index in [1.54, 1.807) is 31.2 Å². The van der Waals surface area contributed by atoms with Crippen molar-refractivity contribution >= 4 is 23.5 Å². The molecule has 7 heteroatoms. The van der Waals surface area contributed by atoms with Crippen molar-refractivity contribution in [3.63, 3.8) is 0 Å². The highest BCUT2D eigenvalue weighted by atomic mass is 35.5. The van der Waals surface area contributed by atoms with Gasteiger partial charge in [-0.25, -0.2) is 9.18 Å². The van der Waals surface area contributed by atoms with E-state index in [4.69, 9.17) is 16.3 Å². The molecule has 0 saturated heterocycles. The number of rotatable bonds is 8. The first-order chi connectivity index (χ1) is 11.0. The zero-order chi connectivity index (χ0) is 17.2. The summed E-state index contributed by atoms with van der Waals surface area (Å²) in [5.41, 5.74) is 0.732. The second-order valence-corrected chi connectivity index (χ2v) is 5.02. The van der Waals surface area contributed by atoms with Crippen LogP contribution in [0.2, 0.25) is 5.02 Å². The molecule has 126 valence electrons. The van der Waals surface area contributed by atoms with Gasteiger partial charge in [0.2, 0.25) is 0 Å². The summed E-state index contributed by atoms with van der Waals surface area (Å²) in [4.78, 5) is 23.0. The number of carbonyl (C=O) groups is 2. The predicted molar refractivity (Wildman–Crippen MR) is 84.7 cm³/mol. The second-order valence-electron chi connectivity index (χ2n) is 4.58. The summed E-state index contributed by atoms with van der Waals surface area (Å²) in [7, 11) is 1.27. The molecule has 0 spiro atoms. The maximum absolute atomic E-state index is 13.1. The van der Waals surface area contributed by atoms with Crippen LogP contribution in [0.4, 0.5) is 4.39 Å². The number of esters is 2. The maximum atomic E-state index is 13.1. The average molecular weight is 344 g/mol. The van der Waals surface area contributed by atoms with Gasteiger partial charge in [0.25, 0.3) is 0 Å². The molecule has 0 aliphatic heterocycles. The lowest BCUT2D eigenvalue weighted by molar-refractivity contribution is -0.141. The van der Waals surface area contributed by atoms with Crippen LogP contribution in [0.5, 0.6) is 0 Å². The first-order valence-corrected chi connectivity index (χ1v) is 7.40. The molecule has 0 saturated carbocycles. The molecule has 0 fully saturated rings. The van der Waals surface area contributed by atoms with Gasteiger partial charge in [-0.1, -0.05) is 23.7 Å². The van der Waals surface area contributed by atoms with Gasteiger partial charge >= 0.3 is 11.9 Å². The Hall–Kier alpha value is -2.08. The number of benzene rings is 1. The van der Waals surface area contributed by atoms with Gasteiger partial charge in [-0.2, -0.15) is 0 Å². The van der Waals surface area contributed by atoms with Crippen LogP contribution in [0.3, 0.4) is 0 Å². The number of hydrogen-bond donors (Lipinski definition) is 1. The Morgan fingerprint density at radius 2 is 2.00 bits per heavy atom. The molecule has 1 atom stereocenters. The molecule has 0 amide bonds. The van der Waals surface area contributed by atoms with Crippen LogP contribution < -0.4 is 5.32 Å². The molecular formula is C16H19ClFNO4. The zero-order valence-corrected chi connectivity index (χ0v) is 13.7. The van der Waals surface area contributed by atoms with E-state index in [1.807, 2.05) is 0 Å². The smallest absolute Gasteiger partial charge is 0.332 e. The van der Waals surface area contributed by atoms with E-state index in [0.29, 0.717) is 10.6 Å². The van der Waals surface area contributed by atoms with Gasteiger partial charge in [0.15, 0.2) is 0 Å². The van der Waals surface area contributed by atoms with E-state index in [2.05, 4.69) is 10.1 Å². The molecule has 1 rings (SSSR count). The molecule has 1 aromatic rings. The fourth-order valence-corrected chi connectivity index (χ4v) is 1.99. The summed E-state index contributed by atoms with van der Waals surface area (Å²) in [5, 5.41) is 3.38. The second kappa shape index (κ2) is 9.84. The lowest BCUT2D eigenvalue weighted by Crippen LogP contribution is -2.25. The molecule has 1 unspecified atom stereocenters. The van der Waals surface area contributed by atoms with Gasteiger partial charge in [0.05, 0.1) is 31.9 Å². The fourth-order valence-electron chi connectivity index (χ4n) is 1.87. The number of alkyl halides is 1. The molecule has 5 nitrogen and oxygen atoms in total. The van der Waals surface area contributed by atoms with Crippen molar-refractivity contribution in [3.05, 3.63) is 46.6 Å². The highest BCUT2D eigenvalue weighted by Crippen LogP contribution is 2.21. The number of hydrogen-bond acceptors (Lipinski definition) is 5. The monoisotopic (exact) mass is 343 g/mol. The van der Waals surface area contributed by atoms with Crippen LogP contribution in [0, 0.1) is 0 Å². The molecule has 1 aromatic carbocycles. The number of carbonyl (C=O) groups excluding carboxylic acids is 2. The summed E-state index contributed by atoms with van der Waals surface area (Å²) in [6.45, 7) is 0.948. The quantitative estimate of drug-likeness (QED) is 0.580. The van der Waals surface area contributed by atoms with Crippen molar-refractivity contribution in [1.29, 1.82) is 0 Å². The maximum Gasteiger partial charge on any atom is 0.332 e. The topological polar surface area (TPSA) is 64.6 Å². The highest BCUT2D eigenvalue weighted by molar-refractivity contribution is 6.30. The van der Waals surface area contributed by atoms with E-state index in [0.717, 1.165) is 6.08 Å². The van der Waals surface area contributed by atoms with E-state index in [-0.39, 0.29) is 18.7 Å². The Kier molecular flexibility index (Phi) is 8.11. The molecular weight excluding hydrogens is 325 g/mol. The van der Waals surface area contributed by atoms with Crippen LogP contribution >= 0.6 is 11.6 Å². The molecule has 0 aliphatic rings. The number of allylic oxidation sites excluding steroid dienone is 1. The van der Waals surface area contributed by atoms with Crippen LogP contribution in [-0.2, 0) is 19.1 Å². The van der Waals surface area contributed by atoms with E-state index in [9.17, 15) is 14.0 Å². The standard InChI is InChI=1S/C16H19ClFNO4/c1-3-23-16(21)8-13(10-18)19-14(9-15(20)22-2)11-4-6-12(17)7-5-11/h4-8,14,19H,3,9-10H2,1-2H3/b13-8+. The SMILES string of the molecule is CCOC(=O)/C=C(\CF)NC(CC(=O)OC)c1ccc(Cl)cc1. The first kappa shape index (κ1) is 19.0. The molecule has 1 N–H and O–H groups in total. The average Bonchev–Trinajstić information content (AvgIpc) is 2.54. The van der Waals surface area contributed by atoms with Gasteiger partial charge in [-0.05, 0) is 24.6 Å². The number of ether oxygens (including phenoxy) is 2. The molecule has 0 radical (unpaired) electrons. The van der Waals surface area contributed by atoms with Crippen molar-refractivity contribution in [2.24, 2.45) is 0 Å². The summed E-state index contributed by atoms with van der Waals surface area (Å²) in [6, 6.07) is 6.18. The predicted octanol–water partition coefficient (Wildman–Crippen LogP) is 2.95. The van der Waals surface area contributed by atoms with Crippen molar-refractivity contribution in [1.82, 2.24) is 5.32 Å². The largest absolute Gasteiger partial charge is 0.469 e. The Morgan fingerprint density at radius 3 is 2.52 bits per heavy atom. The van der Waals surface area contributed by atoms with Crippen LogP contribution in [0.1, 0.15) is 24.9 Å². The van der Waals surface area contributed by atoms with E-state index >= 15 is 0 Å². The van der Waals surface area contributed by atoms with Crippen LogP contribution in [-0.4, -0.2) is 32.3 Å². The minimum atomic E-state index is -0.899. The highest BCUT2D eigenvalue weighted by Gasteiger charge is 2.18. The van der Waals surface area contributed by atoms with Gasteiger partial charge in [-0.15, -0.1) is 0 Å². The Bertz CT molecular complexity index is 560. The summed E-state index contributed by atoms with van der Waals surface area (Å²) in [6.07, 6.45) is 1.00. The third-order valence-corrected chi connectivity index (χ3v) is 3.21. The minimum absolute atomic E-state index is 0.0207. The third-order valence-electron chi connectivity index (χ3n) is 2.95. The Labute approximate surface area is 139 Å². The van der Waals surface area contributed by atoms with E-state index < -0.39 is 24.7 Å². The van der Waals surface area contributed by atoms with Gasteiger partial charge in [0, 0.05) is 11.1 Å². The lowest BCUT2D eigenvalue weighted by Gasteiger charge is -2.20. The van der Waals surface area contributed by atoms with Crippen molar-refractivity contribution in [2.45, 2.75) is 19.4 Å². The lowest BCUT2D eigenvalue weighted by atomic mass is 10.0. The van der Waals surface area contributed by atoms with E-state index in [1.165, 1.54) is 7.11 Å². The molecule has 0 aromatic heterocycles. The minimum Gasteiger partial charge on any atom is -0.469 e. The van der Waals surface area contributed by atoms with Crippen LogP contribution in [0.25, 0.3) is 0 Å². The van der Waals surface area contributed by atoms with Gasteiger partial charge in [0.1, 0.15) is 6.67 Å².